The normalized spacial score (nSPS) is 19.9. The van der Waals surface area contributed by atoms with E-state index in [1.165, 1.54) is 18.9 Å². The molecule has 3 aromatic heterocycles. The van der Waals surface area contributed by atoms with Crippen LogP contribution in [-0.4, -0.2) is 44.1 Å². The Morgan fingerprint density at radius 3 is 2.87 bits per heavy atom. The Labute approximate surface area is 181 Å². The highest BCUT2D eigenvalue weighted by atomic mass is 19.1. The summed E-state index contributed by atoms with van der Waals surface area (Å²) in [6, 6.07) is 9.95. The Hall–Kier alpha value is -2.99. The van der Waals surface area contributed by atoms with Crippen LogP contribution in [0.4, 0.5) is 4.39 Å². The molecule has 1 aliphatic rings. The van der Waals surface area contributed by atoms with Crippen LogP contribution in [0.3, 0.4) is 0 Å². The lowest BCUT2D eigenvalue weighted by molar-refractivity contribution is 0.144. The smallest absolute Gasteiger partial charge is 0.137 e. The summed E-state index contributed by atoms with van der Waals surface area (Å²) in [5.74, 6) is 0.410. The second-order valence-electron chi connectivity index (χ2n) is 8.88. The van der Waals surface area contributed by atoms with E-state index in [9.17, 15) is 4.39 Å². The van der Waals surface area contributed by atoms with E-state index in [0.717, 1.165) is 46.6 Å². The summed E-state index contributed by atoms with van der Waals surface area (Å²) in [7, 11) is 2.21. The van der Waals surface area contributed by atoms with Crippen LogP contribution < -0.4 is 0 Å². The number of nitrogens with one attached hydrogen (secondary N) is 1. The van der Waals surface area contributed by atoms with Crippen LogP contribution in [0.25, 0.3) is 33.5 Å². The van der Waals surface area contributed by atoms with Gasteiger partial charge in [0.05, 0.1) is 17.7 Å². The zero-order valence-corrected chi connectivity index (χ0v) is 18.3. The third kappa shape index (κ3) is 3.65. The minimum absolute atomic E-state index is 0.193. The third-order valence-corrected chi connectivity index (χ3v) is 6.76. The molecule has 0 bridgehead atoms. The van der Waals surface area contributed by atoms with Gasteiger partial charge in [-0.15, -0.1) is 0 Å². The molecule has 1 aromatic carbocycles. The van der Waals surface area contributed by atoms with Crippen LogP contribution in [0.1, 0.15) is 25.3 Å². The molecular weight excluding hydrogens is 389 g/mol. The van der Waals surface area contributed by atoms with Crippen LogP contribution >= 0.6 is 0 Å². The van der Waals surface area contributed by atoms with Crippen molar-refractivity contribution in [2.45, 2.75) is 39.3 Å². The van der Waals surface area contributed by atoms with Crippen molar-refractivity contribution in [1.82, 2.24) is 24.4 Å². The molecular formula is C25H28FN5. The summed E-state index contributed by atoms with van der Waals surface area (Å²) in [6.07, 6.45) is 8.06. The van der Waals surface area contributed by atoms with Crippen LogP contribution in [0.2, 0.25) is 0 Å². The fourth-order valence-electron chi connectivity index (χ4n) is 4.80. The van der Waals surface area contributed by atoms with Gasteiger partial charge in [0.15, 0.2) is 0 Å². The molecule has 0 aliphatic carbocycles. The van der Waals surface area contributed by atoms with Crippen molar-refractivity contribution in [3.05, 3.63) is 60.4 Å². The Balaban J connectivity index is 1.63. The molecule has 1 fully saturated rings. The topological polar surface area (TPSA) is 49.7 Å². The molecule has 31 heavy (non-hydrogen) atoms. The van der Waals surface area contributed by atoms with Gasteiger partial charge in [-0.25, -0.2) is 14.4 Å². The molecule has 5 rings (SSSR count). The van der Waals surface area contributed by atoms with E-state index in [1.807, 2.05) is 30.9 Å². The third-order valence-electron chi connectivity index (χ3n) is 6.76. The number of pyridine rings is 1. The number of halogens is 1. The SMILES string of the molecule is Cc1cc(-c2ncn(CC3CCN(C)C(C)C3)c2-c2ccnc3[nH]ccc23)ccc1F. The Morgan fingerprint density at radius 2 is 2.06 bits per heavy atom. The number of hydrogen-bond donors (Lipinski definition) is 1. The highest BCUT2D eigenvalue weighted by molar-refractivity contribution is 5.95. The van der Waals surface area contributed by atoms with E-state index < -0.39 is 0 Å². The number of piperidine rings is 1. The maximum Gasteiger partial charge on any atom is 0.137 e. The number of benzene rings is 1. The summed E-state index contributed by atoms with van der Waals surface area (Å²) in [6.45, 7) is 6.15. The summed E-state index contributed by atoms with van der Waals surface area (Å²) in [5, 5.41) is 1.07. The lowest BCUT2D eigenvalue weighted by Gasteiger charge is -2.35. The predicted octanol–water partition coefficient (Wildman–Crippen LogP) is 5.27. The van der Waals surface area contributed by atoms with Crippen molar-refractivity contribution >= 4 is 11.0 Å². The number of hydrogen-bond acceptors (Lipinski definition) is 3. The molecule has 1 N–H and O–H groups in total. The van der Waals surface area contributed by atoms with Crippen molar-refractivity contribution in [2.24, 2.45) is 5.92 Å². The van der Waals surface area contributed by atoms with Crippen LogP contribution in [-0.2, 0) is 6.54 Å². The molecule has 0 amide bonds. The number of H-pyrrole nitrogens is 1. The number of aromatic nitrogens is 4. The van der Waals surface area contributed by atoms with E-state index in [2.05, 4.69) is 45.5 Å². The number of fused-ring (bicyclic) bond motifs is 1. The molecule has 6 heteroatoms. The minimum Gasteiger partial charge on any atom is -0.346 e. The van der Waals surface area contributed by atoms with Crippen molar-refractivity contribution in [3.8, 4) is 22.5 Å². The van der Waals surface area contributed by atoms with E-state index in [0.29, 0.717) is 17.5 Å². The van der Waals surface area contributed by atoms with E-state index in [1.54, 1.807) is 6.92 Å². The van der Waals surface area contributed by atoms with Crippen LogP contribution in [0.15, 0.2) is 49.1 Å². The summed E-state index contributed by atoms with van der Waals surface area (Å²) < 4.78 is 16.2. The van der Waals surface area contributed by atoms with Gasteiger partial charge >= 0.3 is 0 Å². The summed E-state index contributed by atoms with van der Waals surface area (Å²) in [4.78, 5) is 14.9. The molecule has 5 nitrogen and oxygen atoms in total. The monoisotopic (exact) mass is 417 g/mol. The van der Waals surface area contributed by atoms with Crippen molar-refractivity contribution < 1.29 is 4.39 Å². The fraction of sp³-hybridized carbons (Fsp3) is 0.360. The zero-order chi connectivity index (χ0) is 21.5. The number of nitrogens with zero attached hydrogens (tertiary/aromatic N) is 4. The molecule has 2 unspecified atom stereocenters. The first-order valence-electron chi connectivity index (χ1n) is 11.0. The molecule has 0 radical (unpaired) electrons. The summed E-state index contributed by atoms with van der Waals surface area (Å²) >= 11 is 0. The number of likely N-dealkylation sites (tertiary alicyclic amines) is 1. The quantitative estimate of drug-likeness (QED) is 0.492. The summed E-state index contributed by atoms with van der Waals surface area (Å²) in [5.41, 5.74) is 5.48. The molecule has 4 heterocycles. The Kier molecular flexibility index (Phi) is 5.10. The lowest BCUT2D eigenvalue weighted by atomic mass is 9.91. The largest absolute Gasteiger partial charge is 0.346 e. The zero-order valence-electron chi connectivity index (χ0n) is 18.3. The molecule has 2 atom stereocenters. The lowest BCUT2D eigenvalue weighted by Crippen LogP contribution is -2.38. The van der Waals surface area contributed by atoms with E-state index in [-0.39, 0.29) is 5.82 Å². The molecule has 4 aromatic rings. The van der Waals surface area contributed by atoms with Gasteiger partial charge in [-0.1, -0.05) is 0 Å². The maximum absolute atomic E-state index is 13.9. The predicted molar refractivity (Wildman–Crippen MR) is 122 cm³/mol. The number of rotatable bonds is 4. The van der Waals surface area contributed by atoms with E-state index in [4.69, 9.17) is 4.98 Å². The molecule has 160 valence electrons. The van der Waals surface area contributed by atoms with Gasteiger partial charge in [0.1, 0.15) is 11.5 Å². The second-order valence-corrected chi connectivity index (χ2v) is 8.88. The van der Waals surface area contributed by atoms with Crippen molar-refractivity contribution in [2.75, 3.05) is 13.6 Å². The van der Waals surface area contributed by atoms with Gasteiger partial charge in [0, 0.05) is 41.5 Å². The Bertz CT molecular complexity index is 1220. The molecule has 0 saturated carbocycles. The van der Waals surface area contributed by atoms with Gasteiger partial charge in [-0.2, -0.15) is 0 Å². The first-order valence-corrected chi connectivity index (χ1v) is 11.0. The highest BCUT2D eigenvalue weighted by Crippen LogP contribution is 2.36. The first-order chi connectivity index (χ1) is 15.0. The standard InChI is InChI=1S/C25H28FN5/c1-16-12-19(4-5-22(16)26)23-24(20-6-9-27-25-21(20)7-10-28-25)31(15-29-23)14-18-8-11-30(3)17(2)13-18/h4-7,9-10,12,15,17-18H,8,11,13-14H2,1-3H3,(H,27,28). The van der Waals surface area contributed by atoms with Gasteiger partial charge in [0.25, 0.3) is 0 Å². The number of aryl methyl sites for hydroxylation is 1. The average Bonchev–Trinajstić information content (AvgIpc) is 3.40. The highest BCUT2D eigenvalue weighted by Gasteiger charge is 2.25. The van der Waals surface area contributed by atoms with Gasteiger partial charge in [-0.3, -0.25) is 0 Å². The average molecular weight is 418 g/mol. The van der Waals surface area contributed by atoms with Crippen molar-refractivity contribution in [3.63, 3.8) is 0 Å². The Morgan fingerprint density at radius 1 is 1.19 bits per heavy atom. The van der Waals surface area contributed by atoms with Gasteiger partial charge in [-0.05, 0) is 82.1 Å². The second kappa shape index (κ2) is 7.93. The van der Waals surface area contributed by atoms with Gasteiger partial charge < -0.3 is 14.5 Å². The number of imidazole rings is 1. The maximum atomic E-state index is 13.9. The fourth-order valence-corrected chi connectivity index (χ4v) is 4.80. The first kappa shape index (κ1) is 19.9. The number of aromatic amines is 1. The van der Waals surface area contributed by atoms with Gasteiger partial charge in [0.2, 0.25) is 0 Å². The van der Waals surface area contributed by atoms with Crippen molar-refractivity contribution in [1.29, 1.82) is 0 Å². The molecule has 1 aliphatic heterocycles. The van der Waals surface area contributed by atoms with Crippen LogP contribution in [0.5, 0.6) is 0 Å². The van der Waals surface area contributed by atoms with E-state index >= 15 is 0 Å². The molecule has 1 saturated heterocycles. The minimum atomic E-state index is -0.193. The molecule has 0 spiro atoms. The van der Waals surface area contributed by atoms with Crippen LogP contribution in [0, 0.1) is 18.7 Å².